The number of ether oxygens (including phenoxy) is 2. The van der Waals surface area contributed by atoms with Crippen LogP contribution in [-0.4, -0.2) is 5.97 Å². The second kappa shape index (κ2) is 9.34. The minimum atomic E-state index is -4.43. The van der Waals surface area contributed by atoms with Crippen LogP contribution in [-0.2, 0) is 22.3 Å². The maximum Gasteiger partial charge on any atom is 0.417 e. The van der Waals surface area contributed by atoms with Crippen molar-refractivity contribution in [3.8, 4) is 11.5 Å². The van der Waals surface area contributed by atoms with Gasteiger partial charge in [-0.2, -0.15) is 13.2 Å². The molecule has 0 aliphatic rings. The molecule has 2 aromatic carbocycles. The molecule has 7 heteroatoms. The van der Waals surface area contributed by atoms with Gasteiger partial charge >= 0.3 is 12.1 Å². The predicted molar refractivity (Wildman–Crippen MR) is 110 cm³/mol. The van der Waals surface area contributed by atoms with E-state index in [0.29, 0.717) is 16.4 Å². The van der Waals surface area contributed by atoms with Crippen LogP contribution in [0, 0.1) is 5.92 Å². The second-order valence-electron chi connectivity index (χ2n) is 7.13. The van der Waals surface area contributed by atoms with E-state index in [-0.39, 0.29) is 12.5 Å². The van der Waals surface area contributed by atoms with Gasteiger partial charge in [0.15, 0.2) is 0 Å². The Labute approximate surface area is 177 Å². The third-order valence-electron chi connectivity index (χ3n) is 4.43. The quantitative estimate of drug-likeness (QED) is 0.374. The molecule has 0 aliphatic carbocycles. The molecule has 158 valence electrons. The van der Waals surface area contributed by atoms with Crippen LogP contribution in [0.5, 0.6) is 11.5 Å². The van der Waals surface area contributed by atoms with Crippen LogP contribution in [0.15, 0.2) is 66.0 Å². The Kier molecular flexibility index (Phi) is 6.82. The Hall–Kier alpha value is -2.80. The lowest BCUT2D eigenvalue weighted by Gasteiger charge is -2.18. The number of hydrogen-bond donors (Lipinski definition) is 0. The van der Waals surface area contributed by atoms with Gasteiger partial charge in [0.25, 0.3) is 0 Å². The average molecular weight is 434 g/mol. The Morgan fingerprint density at radius 1 is 1.00 bits per heavy atom. The van der Waals surface area contributed by atoms with E-state index in [9.17, 15) is 18.0 Å². The van der Waals surface area contributed by atoms with Crippen LogP contribution in [0.1, 0.15) is 35.8 Å². The number of benzene rings is 2. The topological polar surface area (TPSA) is 35.5 Å². The minimum absolute atomic E-state index is 0.00550. The van der Waals surface area contributed by atoms with Crippen molar-refractivity contribution in [3.05, 3.63) is 82.0 Å². The third kappa shape index (κ3) is 5.63. The van der Waals surface area contributed by atoms with Crippen LogP contribution >= 0.6 is 11.3 Å². The summed E-state index contributed by atoms with van der Waals surface area (Å²) in [5, 5.41) is 1.03. The fraction of sp³-hybridized carbons (Fsp3) is 0.261. The molecule has 1 unspecified atom stereocenters. The molecule has 0 bridgehead atoms. The van der Waals surface area contributed by atoms with Gasteiger partial charge in [0.2, 0.25) is 0 Å². The SMILES string of the molecule is CC(C)C(C(=O)OCc1cccc(Oc2ccccc2)c1)c1cc(C(F)(F)F)cs1. The number of para-hydroxylation sites is 1. The maximum absolute atomic E-state index is 12.9. The third-order valence-corrected chi connectivity index (χ3v) is 5.45. The van der Waals surface area contributed by atoms with Crippen molar-refractivity contribution < 1.29 is 27.4 Å². The average Bonchev–Trinajstić information content (AvgIpc) is 3.17. The van der Waals surface area contributed by atoms with Crippen molar-refractivity contribution in [2.24, 2.45) is 5.92 Å². The van der Waals surface area contributed by atoms with E-state index in [1.165, 1.54) is 0 Å². The number of carbonyl (C=O) groups is 1. The highest BCUT2D eigenvalue weighted by atomic mass is 32.1. The van der Waals surface area contributed by atoms with Crippen molar-refractivity contribution in [2.75, 3.05) is 0 Å². The summed E-state index contributed by atoms with van der Waals surface area (Å²) in [5.74, 6) is -0.220. The summed E-state index contributed by atoms with van der Waals surface area (Å²) < 4.78 is 49.9. The lowest BCUT2D eigenvalue weighted by atomic mass is 9.94. The van der Waals surface area contributed by atoms with E-state index >= 15 is 0 Å². The van der Waals surface area contributed by atoms with Crippen molar-refractivity contribution in [3.63, 3.8) is 0 Å². The number of hydrogen-bond acceptors (Lipinski definition) is 4. The van der Waals surface area contributed by atoms with Gasteiger partial charge in [-0.3, -0.25) is 4.79 Å². The molecule has 0 aliphatic heterocycles. The summed E-state index contributed by atoms with van der Waals surface area (Å²) in [6, 6.07) is 17.4. The zero-order chi connectivity index (χ0) is 21.7. The summed E-state index contributed by atoms with van der Waals surface area (Å²) in [5.41, 5.74) is -0.0202. The molecular formula is C23H21F3O3S. The maximum atomic E-state index is 12.9. The molecule has 0 N–H and O–H groups in total. The first-order chi connectivity index (χ1) is 14.2. The van der Waals surface area contributed by atoms with Gasteiger partial charge < -0.3 is 9.47 Å². The molecule has 1 atom stereocenters. The number of alkyl halides is 3. The Morgan fingerprint density at radius 3 is 2.33 bits per heavy atom. The van der Waals surface area contributed by atoms with Gasteiger partial charge in [0, 0.05) is 10.3 Å². The molecule has 0 fully saturated rings. The number of esters is 1. The smallest absolute Gasteiger partial charge is 0.417 e. The first-order valence-electron chi connectivity index (χ1n) is 9.38. The van der Waals surface area contributed by atoms with E-state index in [1.807, 2.05) is 30.3 Å². The molecule has 3 nitrogen and oxygen atoms in total. The molecule has 0 spiro atoms. The molecule has 1 aromatic heterocycles. The van der Waals surface area contributed by atoms with E-state index in [2.05, 4.69) is 0 Å². The molecule has 0 saturated carbocycles. The summed E-state index contributed by atoms with van der Waals surface area (Å²) >= 11 is 0.926. The van der Waals surface area contributed by atoms with E-state index in [4.69, 9.17) is 9.47 Å². The van der Waals surface area contributed by atoms with E-state index in [1.54, 1.807) is 38.1 Å². The zero-order valence-corrected chi connectivity index (χ0v) is 17.3. The first kappa shape index (κ1) is 21.9. The highest BCUT2D eigenvalue weighted by Gasteiger charge is 2.34. The van der Waals surface area contributed by atoms with Crippen LogP contribution in [0.4, 0.5) is 13.2 Å². The van der Waals surface area contributed by atoms with Crippen molar-refractivity contribution >= 4 is 17.3 Å². The highest BCUT2D eigenvalue weighted by Crippen LogP contribution is 2.37. The summed E-state index contributed by atoms with van der Waals surface area (Å²) in [7, 11) is 0. The molecule has 0 radical (unpaired) electrons. The predicted octanol–water partition coefficient (Wildman–Crippen LogP) is 7.04. The Balaban J connectivity index is 1.67. The molecule has 3 rings (SSSR count). The minimum Gasteiger partial charge on any atom is -0.460 e. The highest BCUT2D eigenvalue weighted by molar-refractivity contribution is 7.10. The Bertz CT molecular complexity index is 981. The van der Waals surface area contributed by atoms with Gasteiger partial charge in [-0.25, -0.2) is 0 Å². The van der Waals surface area contributed by atoms with Gasteiger partial charge in [0.05, 0.1) is 11.5 Å². The molecule has 3 aromatic rings. The van der Waals surface area contributed by atoms with Gasteiger partial charge in [-0.15, -0.1) is 11.3 Å². The molecule has 0 saturated heterocycles. The zero-order valence-electron chi connectivity index (χ0n) is 16.5. The summed E-state index contributed by atoms with van der Waals surface area (Å²) in [6.45, 7) is 3.58. The van der Waals surface area contributed by atoms with Crippen LogP contribution in [0.2, 0.25) is 0 Å². The summed E-state index contributed by atoms with van der Waals surface area (Å²) in [6.07, 6.45) is -4.43. The summed E-state index contributed by atoms with van der Waals surface area (Å²) in [4.78, 5) is 13.0. The number of halogens is 3. The van der Waals surface area contributed by atoms with Gasteiger partial charge in [0.1, 0.15) is 18.1 Å². The molecule has 0 amide bonds. The van der Waals surface area contributed by atoms with Gasteiger partial charge in [-0.05, 0) is 41.8 Å². The number of rotatable bonds is 7. The van der Waals surface area contributed by atoms with Crippen molar-refractivity contribution in [1.29, 1.82) is 0 Å². The van der Waals surface area contributed by atoms with Crippen molar-refractivity contribution in [1.82, 2.24) is 0 Å². The van der Waals surface area contributed by atoms with Crippen LogP contribution in [0.25, 0.3) is 0 Å². The lowest BCUT2D eigenvalue weighted by molar-refractivity contribution is -0.148. The monoisotopic (exact) mass is 434 g/mol. The number of thiophene rings is 1. The van der Waals surface area contributed by atoms with Crippen LogP contribution in [0.3, 0.4) is 0 Å². The standard InChI is InChI=1S/C23H21F3O3S/c1-15(2)21(20-12-17(14-30-20)23(24,25)26)22(27)28-13-16-7-6-10-19(11-16)29-18-8-4-3-5-9-18/h3-12,14-15,21H,13H2,1-2H3. The molecule has 1 heterocycles. The Morgan fingerprint density at radius 2 is 1.70 bits per heavy atom. The molecule has 30 heavy (non-hydrogen) atoms. The number of carbonyl (C=O) groups excluding carboxylic acids is 1. The fourth-order valence-corrected chi connectivity index (χ4v) is 4.12. The van der Waals surface area contributed by atoms with Crippen LogP contribution < -0.4 is 4.74 Å². The van der Waals surface area contributed by atoms with Gasteiger partial charge in [-0.1, -0.05) is 44.2 Å². The van der Waals surface area contributed by atoms with E-state index in [0.717, 1.165) is 28.3 Å². The van der Waals surface area contributed by atoms with E-state index < -0.39 is 23.6 Å². The lowest BCUT2D eigenvalue weighted by Crippen LogP contribution is -2.20. The second-order valence-corrected chi connectivity index (χ2v) is 8.07. The largest absolute Gasteiger partial charge is 0.460 e. The first-order valence-corrected chi connectivity index (χ1v) is 10.3. The molecular weight excluding hydrogens is 413 g/mol. The van der Waals surface area contributed by atoms with Crippen molar-refractivity contribution in [2.45, 2.75) is 32.5 Å². The fourth-order valence-electron chi connectivity index (χ4n) is 2.95. The normalized spacial score (nSPS) is 12.6.